The van der Waals surface area contributed by atoms with E-state index >= 15 is 4.39 Å². The van der Waals surface area contributed by atoms with E-state index in [9.17, 15) is 9.90 Å². The minimum Gasteiger partial charge on any atom is -0.507 e. The molecule has 0 spiro atoms. The topological polar surface area (TPSA) is 89.3 Å². The fourth-order valence-electron chi connectivity index (χ4n) is 5.42. The Balaban J connectivity index is 1.34. The maximum absolute atomic E-state index is 15.3. The smallest absolute Gasteiger partial charge is 0.250 e. The lowest BCUT2D eigenvalue weighted by molar-refractivity contribution is -0.0626. The number of aromatic hydroxyl groups is 1. The van der Waals surface area contributed by atoms with Crippen LogP contribution in [0.3, 0.4) is 0 Å². The van der Waals surface area contributed by atoms with Gasteiger partial charge in [0.15, 0.2) is 6.17 Å². The van der Waals surface area contributed by atoms with E-state index in [-0.39, 0.29) is 22.7 Å². The van der Waals surface area contributed by atoms with Crippen LogP contribution in [0, 0.1) is 0 Å². The number of hydrogen-bond acceptors (Lipinski definition) is 6. The number of aryl methyl sites for hydroxylation is 1. The number of alkyl halides is 1. The zero-order chi connectivity index (χ0) is 24.1. The first-order valence-corrected chi connectivity index (χ1v) is 11.6. The van der Waals surface area contributed by atoms with Crippen molar-refractivity contribution in [2.45, 2.75) is 62.9 Å². The van der Waals surface area contributed by atoms with Crippen LogP contribution in [-0.2, 0) is 7.05 Å². The van der Waals surface area contributed by atoms with Crippen molar-refractivity contribution in [1.82, 2.24) is 20.1 Å². The normalized spacial score (nSPS) is 28.5. The standard InChI is InChI=1S/C26H29FN4O3/c1-25-10-4-11-26(2,30-25)24(27)21(15-25)34-22-8-7-19(28-29-22)18-6-5-16(13-20(18)32)17-9-12-31(3)23(33)14-17/h5-9,12-14,21,24,30,32H,4,10-11,15H2,1-3H3/t21-,24-,25-,26+/m1/s1. The third-order valence-corrected chi connectivity index (χ3v) is 7.22. The molecule has 2 aromatic heterocycles. The summed E-state index contributed by atoms with van der Waals surface area (Å²) < 4.78 is 22.7. The average molecular weight is 465 g/mol. The van der Waals surface area contributed by atoms with Gasteiger partial charge in [0.1, 0.15) is 11.9 Å². The highest BCUT2D eigenvalue weighted by atomic mass is 19.1. The van der Waals surface area contributed by atoms with E-state index in [0.29, 0.717) is 17.7 Å². The van der Waals surface area contributed by atoms with Gasteiger partial charge < -0.3 is 19.7 Å². The third kappa shape index (κ3) is 4.07. The Labute approximate surface area is 197 Å². The molecule has 2 bridgehead atoms. The van der Waals surface area contributed by atoms with E-state index in [1.54, 1.807) is 37.5 Å². The van der Waals surface area contributed by atoms with E-state index in [0.717, 1.165) is 30.4 Å². The molecule has 0 unspecified atom stereocenters. The van der Waals surface area contributed by atoms with Crippen LogP contribution in [0.15, 0.2) is 53.5 Å². The molecule has 7 nitrogen and oxygen atoms in total. The highest BCUT2D eigenvalue weighted by molar-refractivity contribution is 5.74. The van der Waals surface area contributed by atoms with Crippen LogP contribution >= 0.6 is 0 Å². The van der Waals surface area contributed by atoms with Crippen molar-refractivity contribution >= 4 is 0 Å². The lowest BCUT2D eigenvalue weighted by atomic mass is 9.69. The summed E-state index contributed by atoms with van der Waals surface area (Å²) >= 11 is 0. The van der Waals surface area contributed by atoms with Crippen molar-refractivity contribution in [1.29, 1.82) is 0 Å². The Morgan fingerprint density at radius 3 is 2.62 bits per heavy atom. The molecule has 2 saturated heterocycles. The number of phenolic OH excluding ortho intramolecular Hbond substituents is 1. The molecule has 0 aliphatic carbocycles. The molecular weight excluding hydrogens is 435 g/mol. The van der Waals surface area contributed by atoms with Gasteiger partial charge in [0.05, 0.1) is 11.2 Å². The molecule has 2 fully saturated rings. The summed E-state index contributed by atoms with van der Waals surface area (Å²) in [6.45, 7) is 4.06. The summed E-state index contributed by atoms with van der Waals surface area (Å²) in [4.78, 5) is 11.9. The van der Waals surface area contributed by atoms with Crippen molar-refractivity contribution < 1.29 is 14.2 Å². The first kappa shape index (κ1) is 22.5. The van der Waals surface area contributed by atoms with Gasteiger partial charge in [-0.3, -0.25) is 4.79 Å². The van der Waals surface area contributed by atoms with Crippen LogP contribution in [0.5, 0.6) is 11.6 Å². The molecule has 8 heteroatoms. The van der Waals surface area contributed by atoms with Crippen molar-refractivity contribution in [2.75, 3.05) is 0 Å². The number of aromatic nitrogens is 3. The molecular formula is C26H29FN4O3. The first-order chi connectivity index (χ1) is 16.2. The van der Waals surface area contributed by atoms with Gasteiger partial charge in [0.2, 0.25) is 5.88 Å². The number of fused-ring (bicyclic) bond motifs is 2. The quantitative estimate of drug-likeness (QED) is 0.607. The molecule has 0 amide bonds. The average Bonchev–Trinajstić information content (AvgIpc) is 2.79. The summed E-state index contributed by atoms with van der Waals surface area (Å²) in [5.74, 6) is 0.289. The van der Waals surface area contributed by atoms with Crippen LogP contribution in [0.25, 0.3) is 22.4 Å². The number of ether oxygens (including phenoxy) is 1. The number of nitrogens with zero attached hydrogens (tertiary/aromatic N) is 3. The number of nitrogens with one attached hydrogen (secondary N) is 1. The van der Waals surface area contributed by atoms with E-state index in [1.807, 2.05) is 19.1 Å². The summed E-state index contributed by atoms with van der Waals surface area (Å²) in [5, 5.41) is 22.5. The Hall–Kier alpha value is -3.26. The van der Waals surface area contributed by atoms with Crippen LogP contribution in [0.2, 0.25) is 0 Å². The van der Waals surface area contributed by atoms with Crippen LogP contribution < -0.4 is 15.6 Å². The highest BCUT2D eigenvalue weighted by Crippen LogP contribution is 2.42. The zero-order valence-corrected chi connectivity index (χ0v) is 19.6. The van der Waals surface area contributed by atoms with Crippen molar-refractivity contribution in [2.24, 2.45) is 7.05 Å². The van der Waals surface area contributed by atoms with E-state index in [2.05, 4.69) is 22.4 Å². The summed E-state index contributed by atoms with van der Waals surface area (Å²) in [6, 6.07) is 11.8. The number of pyridine rings is 1. The Kier molecular flexibility index (Phi) is 5.43. The second-order valence-corrected chi connectivity index (χ2v) is 10.1. The van der Waals surface area contributed by atoms with Crippen LogP contribution in [-0.4, -0.2) is 43.2 Å². The summed E-state index contributed by atoms with van der Waals surface area (Å²) in [5.41, 5.74) is 1.54. The lowest BCUT2D eigenvalue weighted by Gasteiger charge is -2.54. The third-order valence-electron chi connectivity index (χ3n) is 7.22. The number of piperidine rings is 2. The number of phenols is 1. The van der Waals surface area contributed by atoms with Crippen LogP contribution in [0.4, 0.5) is 4.39 Å². The van der Waals surface area contributed by atoms with Gasteiger partial charge >= 0.3 is 0 Å². The van der Waals surface area contributed by atoms with E-state index in [4.69, 9.17) is 4.74 Å². The van der Waals surface area contributed by atoms with Gasteiger partial charge in [0, 0.05) is 42.9 Å². The van der Waals surface area contributed by atoms with Gasteiger partial charge in [0.25, 0.3) is 5.56 Å². The zero-order valence-electron chi connectivity index (χ0n) is 19.6. The minimum atomic E-state index is -1.14. The second kappa shape index (κ2) is 8.20. The molecule has 34 heavy (non-hydrogen) atoms. The lowest BCUT2D eigenvalue weighted by Crippen LogP contribution is -2.71. The molecule has 5 rings (SSSR count). The molecule has 4 heterocycles. The largest absolute Gasteiger partial charge is 0.507 e. The Bertz CT molecular complexity index is 1280. The molecule has 2 aliphatic rings. The number of halogens is 1. The molecule has 2 N–H and O–H groups in total. The summed E-state index contributed by atoms with van der Waals surface area (Å²) in [7, 11) is 1.68. The molecule has 1 aromatic carbocycles. The van der Waals surface area contributed by atoms with Gasteiger partial charge in [-0.1, -0.05) is 6.07 Å². The Morgan fingerprint density at radius 2 is 1.91 bits per heavy atom. The maximum Gasteiger partial charge on any atom is 0.250 e. The SMILES string of the molecule is Cn1ccc(-c2ccc(-c3ccc(O[C@@H]4C[C@@]5(C)CCC[C@](C)(N5)[C@@H]4F)nn3)c(O)c2)cc1=O. The van der Waals surface area contributed by atoms with Gasteiger partial charge in [-0.05, 0) is 68.5 Å². The van der Waals surface area contributed by atoms with Crippen molar-refractivity contribution in [3.05, 3.63) is 59.0 Å². The number of hydrogen-bond donors (Lipinski definition) is 2. The highest BCUT2D eigenvalue weighted by Gasteiger charge is 2.53. The predicted molar refractivity (Wildman–Crippen MR) is 128 cm³/mol. The second-order valence-electron chi connectivity index (χ2n) is 10.1. The van der Waals surface area contributed by atoms with E-state index in [1.165, 1.54) is 10.6 Å². The number of benzene rings is 1. The fraction of sp³-hybridized carbons (Fsp3) is 0.423. The Morgan fingerprint density at radius 1 is 1.12 bits per heavy atom. The molecule has 178 valence electrons. The monoisotopic (exact) mass is 464 g/mol. The molecule has 0 saturated carbocycles. The predicted octanol–water partition coefficient (Wildman–Crippen LogP) is 4.00. The molecule has 3 aromatic rings. The van der Waals surface area contributed by atoms with Gasteiger partial charge in [-0.15, -0.1) is 10.2 Å². The van der Waals surface area contributed by atoms with Crippen molar-refractivity contribution in [3.63, 3.8) is 0 Å². The molecule has 2 aliphatic heterocycles. The fourth-order valence-corrected chi connectivity index (χ4v) is 5.42. The molecule has 4 atom stereocenters. The maximum atomic E-state index is 15.3. The molecule has 0 radical (unpaired) electrons. The van der Waals surface area contributed by atoms with E-state index < -0.39 is 17.8 Å². The number of rotatable bonds is 4. The van der Waals surface area contributed by atoms with Crippen molar-refractivity contribution in [3.8, 4) is 34.0 Å². The van der Waals surface area contributed by atoms with Crippen LogP contribution in [0.1, 0.15) is 39.5 Å². The minimum absolute atomic E-state index is 0.0250. The van der Waals surface area contributed by atoms with Gasteiger partial charge in [-0.2, -0.15) is 0 Å². The first-order valence-electron chi connectivity index (χ1n) is 11.6. The summed E-state index contributed by atoms with van der Waals surface area (Å²) in [6.07, 6.45) is 3.29. The van der Waals surface area contributed by atoms with Gasteiger partial charge in [-0.25, -0.2) is 4.39 Å².